The van der Waals surface area contributed by atoms with Crippen molar-refractivity contribution in [2.45, 2.75) is 26.7 Å². The molecule has 0 fully saturated rings. The zero-order chi connectivity index (χ0) is 13.5. The lowest BCUT2D eigenvalue weighted by Gasteiger charge is -2.25. The SMILES string of the molecule is CC(C)(CC(=O)O)CC(=O)N(CC#N)CC#N. The lowest BCUT2D eigenvalue weighted by Crippen LogP contribution is -2.35. The Morgan fingerprint density at radius 3 is 2.00 bits per heavy atom. The molecule has 0 aliphatic heterocycles. The van der Waals surface area contributed by atoms with E-state index in [2.05, 4.69) is 0 Å². The molecule has 6 nitrogen and oxygen atoms in total. The van der Waals surface area contributed by atoms with E-state index >= 15 is 0 Å². The highest BCUT2D eigenvalue weighted by Crippen LogP contribution is 2.25. The van der Waals surface area contributed by atoms with E-state index in [9.17, 15) is 9.59 Å². The van der Waals surface area contributed by atoms with E-state index in [4.69, 9.17) is 15.6 Å². The van der Waals surface area contributed by atoms with Crippen LogP contribution in [0.4, 0.5) is 0 Å². The van der Waals surface area contributed by atoms with Crippen LogP contribution in [0.5, 0.6) is 0 Å². The molecule has 0 aliphatic carbocycles. The Morgan fingerprint density at radius 2 is 1.65 bits per heavy atom. The van der Waals surface area contributed by atoms with Gasteiger partial charge in [0.2, 0.25) is 5.91 Å². The minimum Gasteiger partial charge on any atom is -0.481 e. The van der Waals surface area contributed by atoms with Crippen LogP contribution in [-0.4, -0.2) is 35.0 Å². The van der Waals surface area contributed by atoms with Gasteiger partial charge in [-0.05, 0) is 5.41 Å². The van der Waals surface area contributed by atoms with E-state index in [1.165, 1.54) is 0 Å². The van der Waals surface area contributed by atoms with E-state index in [0.717, 1.165) is 4.90 Å². The summed E-state index contributed by atoms with van der Waals surface area (Å²) in [5.74, 6) is -1.35. The number of aliphatic carboxylic acids is 1. The molecule has 92 valence electrons. The van der Waals surface area contributed by atoms with Gasteiger partial charge < -0.3 is 10.0 Å². The number of carbonyl (C=O) groups is 2. The molecule has 0 saturated carbocycles. The fourth-order valence-electron chi connectivity index (χ4n) is 1.40. The molecule has 6 heteroatoms. The molecular formula is C11H15N3O3. The molecule has 0 saturated heterocycles. The van der Waals surface area contributed by atoms with E-state index in [1.807, 2.05) is 0 Å². The summed E-state index contributed by atoms with van der Waals surface area (Å²) in [5.41, 5.74) is -0.688. The standard InChI is InChI=1S/C11H15N3O3/c1-11(2,8-10(16)17)7-9(15)14(5-3-12)6-4-13/h5-8H2,1-2H3,(H,16,17). The zero-order valence-corrected chi connectivity index (χ0v) is 9.93. The highest BCUT2D eigenvalue weighted by Gasteiger charge is 2.27. The first-order chi connectivity index (χ1) is 7.82. The average Bonchev–Trinajstić information content (AvgIpc) is 2.14. The molecule has 17 heavy (non-hydrogen) atoms. The van der Waals surface area contributed by atoms with Crippen LogP contribution in [-0.2, 0) is 9.59 Å². The minimum absolute atomic E-state index is 0.00264. The summed E-state index contributed by atoms with van der Waals surface area (Å²) >= 11 is 0. The van der Waals surface area contributed by atoms with Crippen LogP contribution in [0.3, 0.4) is 0 Å². The lowest BCUT2D eigenvalue weighted by molar-refractivity contribution is -0.140. The fraction of sp³-hybridized carbons (Fsp3) is 0.636. The van der Waals surface area contributed by atoms with Crippen molar-refractivity contribution in [1.29, 1.82) is 10.5 Å². The van der Waals surface area contributed by atoms with Gasteiger partial charge in [-0.3, -0.25) is 9.59 Å². The smallest absolute Gasteiger partial charge is 0.303 e. The Hall–Kier alpha value is -2.08. The second kappa shape index (κ2) is 6.49. The van der Waals surface area contributed by atoms with Gasteiger partial charge >= 0.3 is 5.97 Å². The van der Waals surface area contributed by atoms with Crippen molar-refractivity contribution in [3.63, 3.8) is 0 Å². The van der Waals surface area contributed by atoms with Crippen LogP contribution in [0, 0.1) is 28.1 Å². The number of hydrogen-bond donors (Lipinski definition) is 1. The third-order valence-electron chi connectivity index (χ3n) is 2.14. The summed E-state index contributed by atoms with van der Waals surface area (Å²) in [5, 5.41) is 25.7. The maximum atomic E-state index is 11.8. The van der Waals surface area contributed by atoms with E-state index < -0.39 is 11.4 Å². The Labute approximate surface area is 100 Å². The van der Waals surface area contributed by atoms with Crippen molar-refractivity contribution in [2.75, 3.05) is 13.1 Å². The highest BCUT2D eigenvalue weighted by molar-refractivity contribution is 5.78. The molecule has 0 aromatic carbocycles. The van der Waals surface area contributed by atoms with E-state index in [1.54, 1.807) is 26.0 Å². The molecule has 0 atom stereocenters. The fourth-order valence-corrected chi connectivity index (χ4v) is 1.40. The monoisotopic (exact) mass is 237 g/mol. The van der Waals surface area contributed by atoms with E-state index in [-0.39, 0.29) is 31.8 Å². The quantitative estimate of drug-likeness (QED) is 0.686. The van der Waals surface area contributed by atoms with Gasteiger partial charge in [0.05, 0.1) is 18.6 Å². The Kier molecular flexibility index (Phi) is 5.70. The van der Waals surface area contributed by atoms with Crippen LogP contribution >= 0.6 is 0 Å². The molecule has 0 heterocycles. The Balaban J connectivity index is 4.55. The number of carboxylic acid groups (broad SMARTS) is 1. The third-order valence-corrected chi connectivity index (χ3v) is 2.14. The van der Waals surface area contributed by atoms with Gasteiger partial charge in [0.1, 0.15) is 13.1 Å². The van der Waals surface area contributed by atoms with Crippen LogP contribution < -0.4 is 0 Å². The summed E-state index contributed by atoms with van der Waals surface area (Å²) in [7, 11) is 0. The lowest BCUT2D eigenvalue weighted by atomic mass is 9.85. The van der Waals surface area contributed by atoms with Gasteiger partial charge in [0.25, 0.3) is 0 Å². The molecule has 0 aromatic rings. The molecule has 0 bridgehead atoms. The normalized spacial score (nSPS) is 10.1. The van der Waals surface area contributed by atoms with Crippen molar-refractivity contribution >= 4 is 11.9 Å². The first-order valence-corrected chi connectivity index (χ1v) is 5.06. The van der Waals surface area contributed by atoms with Crippen LogP contribution in [0.15, 0.2) is 0 Å². The summed E-state index contributed by atoms with van der Waals surface area (Å²) in [6, 6.07) is 3.60. The van der Waals surface area contributed by atoms with Crippen molar-refractivity contribution in [2.24, 2.45) is 5.41 Å². The molecule has 1 amide bonds. The van der Waals surface area contributed by atoms with E-state index in [0.29, 0.717) is 0 Å². The van der Waals surface area contributed by atoms with Crippen molar-refractivity contribution in [1.82, 2.24) is 4.90 Å². The van der Waals surface area contributed by atoms with Crippen molar-refractivity contribution < 1.29 is 14.7 Å². The minimum atomic E-state index is -0.977. The summed E-state index contributed by atoms with van der Waals surface area (Å²) < 4.78 is 0. The second-order valence-corrected chi connectivity index (χ2v) is 4.48. The second-order valence-electron chi connectivity index (χ2n) is 4.48. The Morgan fingerprint density at radius 1 is 1.18 bits per heavy atom. The number of carbonyl (C=O) groups excluding carboxylic acids is 1. The maximum Gasteiger partial charge on any atom is 0.303 e. The van der Waals surface area contributed by atoms with Gasteiger partial charge in [0.15, 0.2) is 0 Å². The number of rotatable bonds is 6. The van der Waals surface area contributed by atoms with Crippen LogP contribution in [0.2, 0.25) is 0 Å². The largest absolute Gasteiger partial charge is 0.481 e. The summed E-state index contributed by atoms with van der Waals surface area (Å²) in [4.78, 5) is 23.5. The van der Waals surface area contributed by atoms with Crippen molar-refractivity contribution in [3.05, 3.63) is 0 Å². The van der Waals surface area contributed by atoms with Gasteiger partial charge in [-0.1, -0.05) is 13.8 Å². The van der Waals surface area contributed by atoms with Gasteiger partial charge in [-0.15, -0.1) is 0 Å². The predicted molar refractivity (Wildman–Crippen MR) is 58.5 cm³/mol. The van der Waals surface area contributed by atoms with Crippen LogP contribution in [0.25, 0.3) is 0 Å². The summed E-state index contributed by atoms with van der Waals surface area (Å²) in [6.07, 6.45) is -0.131. The zero-order valence-electron chi connectivity index (χ0n) is 9.93. The van der Waals surface area contributed by atoms with Crippen LogP contribution in [0.1, 0.15) is 26.7 Å². The topological polar surface area (TPSA) is 105 Å². The predicted octanol–water partition coefficient (Wildman–Crippen LogP) is 0.753. The van der Waals surface area contributed by atoms with Crippen molar-refractivity contribution in [3.8, 4) is 12.1 Å². The third kappa shape index (κ3) is 6.16. The number of carboxylic acids is 1. The molecule has 0 aromatic heterocycles. The molecule has 1 N–H and O–H groups in total. The van der Waals surface area contributed by atoms with Gasteiger partial charge in [-0.25, -0.2) is 0 Å². The average molecular weight is 237 g/mol. The first-order valence-electron chi connectivity index (χ1n) is 5.06. The highest BCUT2D eigenvalue weighted by atomic mass is 16.4. The number of amides is 1. The molecule has 0 unspecified atom stereocenters. The van der Waals surface area contributed by atoms with Gasteiger partial charge in [-0.2, -0.15) is 10.5 Å². The number of hydrogen-bond acceptors (Lipinski definition) is 4. The first kappa shape index (κ1) is 14.9. The molecule has 0 spiro atoms. The number of nitrogens with zero attached hydrogens (tertiary/aromatic N) is 3. The molecule has 0 radical (unpaired) electrons. The Bertz CT molecular complexity index is 360. The number of nitriles is 2. The molecule has 0 rings (SSSR count). The molecular weight excluding hydrogens is 222 g/mol. The van der Waals surface area contributed by atoms with Gasteiger partial charge in [0, 0.05) is 6.42 Å². The molecule has 0 aliphatic rings. The summed E-state index contributed by atoms with van der Waals surface area (Å²) in [6.45, 7) is 3.01. The maximum absolute atomic E-state index is 11.8.